The van der Waals surface area contributed by atoms with Gasteiger partial charge in [-0.05, 0) is 36.5 Å². The standard InChI is InChI=1S/C18H28N2O2/c21-15-19-13-17(9-5-1-2-6-10-17)18(14-20-16-22)11-7-3-4-8-12-18/h1-14H2. The van der Waals surface area contributed by atoms with Crippen LogP contribution in [0.4, 0.5) is 0 Å². The Labute approximate surface area is 133 Å². The van der Waals surface area contributed by atoms with E-state index in [1.54, 1.807) is 12.2 Å². The lowest BCUT2D eigenvalue weighted by Crippen LogP contribution is -2.46. The highest BCUT2D eigenvalue weighted by Crippen LogP contribution is 2.56. The maximum Gasteiger partial charge on any atom is 0.234 e. The molecule has 2 aliphatic carbocycles. The molecule has 0 aromatic heterocycles. The molecule has 2 saturated carbocycles. The molecule has 0 radical (unpaired) electrons. The minimum Gasteiger partial charge on any atom is -0.211 e. The molecule has 2 rings (SSSR count). The second kappa shape index (κ2) is 8.41. The first-order valence-electron chi connectivity index (χ1n) is 8.86. The predicted molar refractivity (Wildman–Crippen MR) is 86.2 cm³/mol. The molecular weight excluding hydrogens is 276 g/mol. The van der Waals surface area contributed by atoms with Crippen molar-refractivity contribution in [3.05, 3.63) is 0 Å². The molecule has 0 heterocycles. The van der Waals surface area contributed by atoms with Crippen molar-refractivity contribution in [3.8, 4) is 0 Å². The van der Waals surface area contributed by atoms with Crippen LogP contribution in [0.3, 0.4) is 0 Å². The van der Waals surface area contributed by atoms with Gasteiger partial charge in [0.2, 0.25) is 12.2 Å². The van der Waals surface area contributed by atoms with Gasteiger partial charge in [-0.3, -0.25) is 0 Å². The molecule has 0 aromatic carbocycles. The Morgan fingerprint density at radius 2 is 0.909 bits per heavy atom. The smallest absolute Gasteiger partial charge is 0.211 e. The summed E-state index contributed by atoms with van der Waals surface area (Å²) in [5, 5.41) is 0. The number of nitrogens with zero attached hydrogens (tertiary/aromatic N) is 2. The average molecular weight is 304 g/mol. The summed E-state index contributed by atoms with van der Waals surface area (Å²) in [5.74, 6) is 0. The number of aliphatic imine (C=N–C) groups is 2. The molecule has 0 amide bonds. The van der Waals surface area contributed by atoms with Gasteiger partial charge < -0.3 is 0 Å². The summed E-state index contributed by atoms with van der Waals surface area (Å²) in [6, 6.07) is 0. The number of rotatable bonds is 5. The van der Waals surface area contributed by atoms with Gasteiger partial charge in [-0.15, -0.1) is 0 Å². The van der Waals surface area contributed by atoms with Crippen LogP contribution in [-0.2, 0) is 9.59 Å². The maximum atomic E-state index is 10.8. The van der Waals surface area contributed by atoms with Gasteiger partial charge in [-0.1, -0.05) is 51.4 Å². The Kier molecular flexibility index (Phi) is 6.54. The van der Waals surface area contributed by atoms with Crippen molar-refractivity contribution in [2.24, 2.45) is 20.8 Å². The van der Waals surface area contributed by atoms with E-state index in [2.05, 4.69) is 9.98 Å². The second-order valence-electron chi connectivity index (χ2n) is 7.20. The van der Waals surface area contributed by atoms with Gasteiger partial charge in [0, 0.05) is 0 Å². The number of hydrogen-bond acceptors (Lipinski definition) is 4. The van der Waals surface area contributed by atoms with Crippen LogP contribution in [0.5, 0.6) is 0 Å². The lowest BCUT2D eigenvalue weighted by molar-refractivity contribution is 0.0166. The molecule has 122 valence electrons. The first-order chi connectivity index (χ1) is 10.8. The fourth-order valence-corrected chi connectivity index (χ4v) is 4.89. The Hall–Kier alpha value is -1.24. The summed E-state index contributed by atoms with van der Waals surface area (Å²) in [7, 11) is 0. The summed E-state index contributed by atoms with van der Waals surface area (Å²) in [6.07, 6.45) is 17.8. The van der Waals surface area contributed by atoms with E-state index in [-0.39, 0.29) is 10.8 Å². The van der Waals surface area contributed by atoms with Crippen molar-refractivity contribution >= 4 is 12.2 Å². The van der Waals surface area contributed by atoms with E-state index in [4.69, 9.17) is 0 Å². The molecule has 4 heteroatoms. The highest BCUT2D eigenvalue weighted by molar-refractivity contribution is 5.34. The van der Waals surface area contributed by atoms with Crippen molar-refractivity contribution in [1.82, 2.24) is 0 Å². The Morgan fingerprint density at radius 3 is 1.18 bits per heavy atom. The van der Waals surface area contributed by atoms with Crippen molar-refractivity contribution in [1.29, 1.82) is 0 Å². The summed E-state index contributed by atoms with van der Waals surface area (Å²) in [6.45, 7) is 1.12. The number of hydrogen-bond donors (Lipinski definition) is 0. The van der Waals surface area contributed by atoms with Gasteiger partial charge in [0.15, 0.2) is 0 Å². The topological polar surface area (TPSA) is 58.9 Å². The molecule has 2 fully saturated rings. The Morgan fingerprint density at radius 1 is 0.591 bits per heavy atom. The molecule has 2 aliphatic rings. The van der Waals surface area contributed by atoms with Crippen LogP contribution in [0.1, 0.15) is 77.0 Å². The van der Waals surface area contributed by atoms with Crippen molar-refractivity contribution in [2.45, 2.75) is 77.0 Å². The van der Waals surface area contributed by atoms with E-state index < -0.39 is 0 Å². The van der Waals surface area contributed by atoms with Gasteiger partial charge in [-0.2, -0.15) is 0 Å². The fraction of sp³-hybridized carbons (Fsp3) is 0.889. The lowest BCUT2D eigenvalue weighted by Gasteiger charge is -2.49. The van der Waals surface area contributed by atoms with E-state index in [1.807, 2.05) is 0 Å². The quantitative estimate of drug-likeness (QED) is 0.431. The first kappa shape index (κ1) is 17.1. The Bertz CT molecular complexity index is 390. The number of carbonyl (C=O) groups excluding carboxylic acids is 2. The van der Waals surface area contributed by atoms with Gasteiger partial charge in [-0.25, -0.2) is 19.6 Å². The van der Waals surface area contributed by atoms with E-state index >= 15 is 0 Å². The molecule has 0 unspecified atom stereocenters. The van der Waals surface area contributed by atoms with Crippen LogP contribution in [0.2, 0.25) is 0 Å². The van der Waals surface area contributed by atoms with Crippen LogP contribution < -0.4 is 0 Å². The third-order valence-electron chi connectivity index (χ3n) is 6.14. The van der Waals surface area contributed by atoms with E-state index in [9.17, 15) is 9.59 Å². The van der Waals surface area contributed by atoms with Crippen molar-refractivity contribution in [2.75, 3.05) is 13.1 Å². The fourth-order valence-electron chi connectivity index (χ4n) is 4.89. The summed E-state index contributed by atoms with van der Waals surface area (Å²) < 4.78 is 0. The largest absolute Gasteiger partial charge is 0.234 e. The SMILES string of the molecule is O=C=NCC1(C2(CN=C=O)CCCCCC2)CCCCCC1. The third-order valence-corrected chi connectivity index (χ3v) is 6.14. The molecular formula is C18H28N2O2. The van der Waals surface area contributed by atoms with Crippen LogP contribution in [0.15, 0.2) is 9.98 Å². The Balaban J connectivity index is 2.39. The zero-order valence-electron chi connectivity index (χ0n) is 13.6. The lowest BCUT2D eigenvalue weighted by atomic mass is 9.56. The van der Waals surface area contributed by atoms with Crippen molar-refractivity contribution in [3.63, 3.8) is 0 Å². The molecule has 22 heavy (non-hydrogen) atoms. The molecule has 0 bridgehead atoms. The number of isocyanates is 2. The molecule has 0 saturated heterocycles. The molecule has 0 aliphatic heterocycles. The summed E-state index contributed by atoms with van der Waals surface area (Å²) >= 11 is 0. The minimum atomic E-state index is 0.0194. The van der Waals surface area contributed by atoms with Gasteiger partial charge >= 0.3 is 0 Å². The van der Waals surface area contributed by atoms with E-state index in [0.717, 1.165) is 25.7 Å². The predicted octanol–water partition coefficient (Wildman–Crippen LogP) is 4.34. The zero-order valence-corrected chi connectivity index (χ0v) is 13.6. The third kappa shape index (κ3) is 3.74. The van der Waals surface area contributed by atoms with E-state index in [0.29, 0.717) is 13.1 Å². The highest BCUT2D eigenvalue weighted by Gasteiger charge is 2.50. The molecule has 0 aromatic rings. The van der Waals surface area contributed by atoms with Gasteiger partial charge in [0.1, 0.15) is 0 Å². The summed E-state index contributed by atoms with van der Waals surface area (Å²) in [5.41, 5.74) is 0.0389. The highest BCUT2D eigenvalue weighted by atomic mass is 16.1. The van der Waals surface area contributed by atoms with Crippen molar-refractivity contribution < 1.29 is 9.59 Å². The zero-order chi connectivity index (χ0) is 15.7. The van der Waals surface area contributed by atoms with Crippen LogP contribution in [-0.4, -0.2) is 25.2 Å². The maximum absolute atomic E-state index is 10.8. The first-order valence-corrected chi connectivity index (χ1v) is 8.86. The monoisotopic (exact) mass is 304 g/mol. The second-order valence-corrected chi connectivity index (χ2v) is 7.20. The minimum absolute atomic E-state index is 0.0194. The molecule has 0 N–H and O–H groups in total. The van der Waals surface area contributed by atoms with Crippen LogP contribution in [0, 0.1) is 10.8 Å². The van der Waals surface area contributed by atoms with Gasteiger partial charge in [0.05, 0.1) is 13.1 Å². The molecule has 4 nitrogen and oxygen atoms in total. The van der Waals surface area contributed by atoms with E-state index in [1.165, 1.54) is 51.4 Å². The van der Waals surface area contributed by atoms with Gasteiger partial charge in [0.25, 0.3) is 0 Å². The van der Waals surface area contributed by atoms with Crippen LogP contribution >= 0.6 is 0 Å². The summed E-state index contributed by atoms with van der Waals surface area (Å²) in [4.78, 5) is 29.6. The van der Waals surface area contributed by atoms with Crippen LogP contribution in [0.25, 0.3) is 0 Å². The normalized spacial score (nSPS) is 24.2. The molecule has 0 atom stereocenters. The molecule has 0 spiro atoms. The average Bonchev–Trinajstić information content (AvgIpc) is 2.93.